The van der Waals surface area contributed by atoms with E-state index >= 15 is 0 Å². The van der Waals surface area contributed by atoms with Gasteiger partial charge in [0.05, 0.1) is 9.35 Å². The summed E-state index contributed by atoms with van der Waals surface area (Å²) in [5.41, 5.74) is 1.86. The molecule has 0 aliphatic heterocycles. The van der Waals surface area contributed by atoms with Crippen molar-refractivity contribution in [2.45, 2.75) is 6.92 Å². The summed E-state index contributed by atoms with van der Waals surface area (Å²) in [7, 11) is 0. The lowest BCUT2D eigenvalue weighted by Gasteiger charge is -2.03. The first-order valence-electron chi connectivity index (χ1n) is 4.79. The van der Waals surface area contributed by atoms with E-state index in [4.69, 9.17) is 11.6 Å². The molecule has 0 aliphatic rings. The van der Waals surface area contributed by atoms with Gasteiger partial charge in [-0.1, -0.05) is 23.7 Å². The third-order valence-electron chi connectivity index (χ3n) is 2.37. The standard InChI is InChI=1S/C12H8BrClO2S/c1-6-9(7-3-2-4-8(14)5-7)10(12(15)16)11(13)17-6/h2-5H,1H3,(H,15,16). The Balaban J connectivity index is 2.70. The Morgan fingerprint density at radius 3 is 2.76 bits per heavy atom. The number of rotatable bonds is 2. The fourth-order valence-electron chi connectivity index (χ4n) is 1.69. The summed E-state index contributed by atoms with van der Waals surface area (Å²) in [4.78, 5) is 12.2. The van der Waals surface area contributed by atoms with Gasteiger partial charge in [0.1, 0.15) is 0 Å². The normalized spacial score (nSPS) is 10.5. The van der Waals surface area contributed by atoms with Crippen molar-refractivity contribution in [3.63, 3.8) is 0 Å². The van der Waals surface area contributed by atoms with Crippen molar-refractivity contribution < 1.29 is 9.90 Å². The number of hydrogen-bond acceptors (Lipinski definition) is 2. The minimum Gasteiger partial charge on any atom is -0.478 e. The highest BCUT2D eigenvalue weighted by atomic mass is 79.9. The zero-order valence-corrected chi connectivity index (χ0v) is 12.0. The van der Waals surface area contributed by atoms with E-state index in [1.807, 2.05) is 19.1 Å². The van der Waals surface area contributed by atoms with Crippen molar-refractivity contribution in [3.05, 3.63) is 43.5 Å². The van der Waals surface area contributed by atoms with Crippen LogP contribution in [0.2, 0.25) is 5.02 Å². The summed E-state index contributed by atoms with van der Waals surface area (Å²) >= 11 is 10.6. The van der Waals surface area contributed by atoms with E-state index in [9.17, 15) is 9.90 Å². The van der Waals surface area contributed by atoms with Crippen LogP contribution in [0.3, 0.4) is 0 Å². The molecule has 88 valence electrons. The Morgan fingerprint density at radius 2 is 2.18 bits per heavy atom. The SMILES string of the molecule is Cc1sc(Br)c(C(=O)O)c1-c1cccc(Cl)c1. The molecule has 0 aliphatic carbocycles. The molecule has 2 rings (SSSR count). The van der Waals surface area contributed by atoms with Gasteiger partial charge in [-0.2, -0.15) is 0 Å². The zero-order chi connectivity index (χ0) is 12.6. The van der Waals surface area contributed by atoms with Gasteiger partial charge in [-0.3, -0.25) is 0 Å². The zero-order valence-electron chi connectivity index (χ0n) is 8.83. The summed E-state index contributed by atoms with van der Waals surface area (Å²) < 4.78 is 0.637. The van der Waals surface area contributed by atoms with Crippen molar-refractivity contribution >= 4 is 44.8 Å². The molecule has 1 N–H and O–H groups in total. The van der Waals surface area contributed by atoms with Crippen LogP contribution in [0.1, 0.15) is 15.2 Å². The lowest BCUT2D eigenvalue weighted by molar-refractivity contribution is 0.0697. The molecule has 2 nitrogen and oxygen atoms in total. The number of halogens is 2. The van der Waals surface area contributed by atoms with E-state index in [1.165, 1.54) is 11.3 Å². The quantitative estimate of drug-likeness (QED) is 0.855. The molecule has 0 radical (unpaired) electrons. The average molecular weight is 332 g/mol. The minimum absolute atomic E-state index is 0.301. The van der Waals surface area contributed by atoms with Gasteiger partial charge in [0.2, 0.25) is 0 Å². The highest BCUT2D eigenvalue weighted by molar-refractivity contribution is 9.11. The second-order valence-corrected chi connectivity index (χ2v) is 6.48. The van der Waals surface area contributed by atoms with E-state index in [1.54, 1.807) is 12.1 Å². The molecule has 1 aromatic carbocycles. The molecular formula is C12H8BrClO2S. The maximum absolute atomic E-state index is 11.3. The fourth-order valence-corrected chi connectivity index (χ4v) is 3.86. The fraction of sp³-hybridized carbons (Fsp3) is 0.0833. The van der Waals surface area contributed by atoms with Crippen LogP contribution >= 0.6 is 38.9 Å². The largest absolute Gasteiger partial charge is 0.478 e. The second kappa shape index (κ2) is 4.80. The number of carbonyl (C=O) groups is 1. The van der Waals surface area contributed by atoms with Gasteiger partial charge in [0, 0.05) is 15.5 Å². The van der Waals surface area contributed by atoms with Gasteiger partial charge in [0.15, 0.2) is 0 Å². The van der Waals surface area contributed by atoms with Crippen LogP contribution in [0.15, 0.2) is 28.1 Å². The van der Waals surface area contributed by atoms with Crippen LogP contribution in [0.4, 0.5) is 0 Å². The van der Waals surface area contributed by atoms with Gasteiger partial charge in [-0.15, -0.1) is 11.3 Å². The molecule has 0 atom stereocenters. The van der Waals surface area contributed by atoms with Crippen molar-refractivity contribution in [2.24, 2.45) is 0 Å². The number of carboxylic acid groups (broad SMARTS) is 1. The van der Waals surface area contributed by atoms with Gasteiger partial charge in [-0.25, -0.2) is 4.79 Å². The van der Waals surface area contributed by atoms with Crippen molar-refractivity contribution in [1.29, 1.82) is 0 Å². The van der Waals surface area contributed by atoms with Crippen molar-refractivity contribution in [3.8, 4) is 11.1 Å². The summed E-state index contributed by atoms with van der Waals surface area (Å²) in [6.07, 6.45) is 0. The van der Waals surface area contributed by atoms with Crippen LogP contribution in [0.25, 0.3) is 11.1 Å². The second-order valence-electron chi connectivity index (χ2n) is 3.50. The first-order valence-corrected chi connectivity index (χ1v) is 6.77. The molecule has 0 fully saturated rings. The van der Waals surface area contributed by atoms with Crippen molar-refractivity contribution in [2.75, 3.05) is 0 Å². The Hall–Kier alpha value is -0.840. The van der Waals surface area contributed by atoms with Crippen LogP contribution in [-0.2, 0) is 0 Å². The lowest BCUT2D eigenvalue weighted by atomic mass is 10.0. The summed E-state index contributed by atoms with van der Waals surface area (Å²) in [6, 6.07) is 7.21. The monoisotopic (exact) mass is 330 g/mol. The molecule has 1 aromatic heterocycles. The third kappa shape index (κ3) is 2.39. The van der Waals surface area contributed by atoms with Gasteiger partial charge < -0.3 is 5.11 Å². The maximum atomic E-state index is 11.3. The Kier molecular flexibility index (Phi) is 3.56. The van der Waals surface area contributed by atoms with Crippen LogP contribution in [-0.4, -0.2) is 11.1 Å². The summed E-state index contributed by atoms with van der Waals surface area (Å²) in [5.74, 6) is -0.934. The van der Waals surface area contributed by atoms with E-state index in [2.05, 4.69) is 15.9 Å². The number of thiophene rings is 1. The highest BCUT2D eigenvalue weighted by Gasteiger charge is 2.21. The number of aromatic carboxylic acids is 1. The van der Waals surface area contributed by atoms with Crippen molar-refractivity contribution in [1.82, 2.24) is 0 Å². The van der Waals surface area contributed by atoms with E-state index in [0.29, 0.717) is 14.4 Å². The first-order chi connectivity index (χ1) is 8.00. The molecule has 1 heterocycles. The summed E-state index contributed by atoms with van der Waals surface area (Å²) in [6.45, 7) is 1.90. The lowest BCUT2D eigenvalue weighted by Crippen LogP contribution is -1.97. The number of carboxylic acids is 1. The molecular weight excluding hydrogens is 324 g/mol. The van der Waals surface area contributed by atoms with E-state index < -0.39 is 5.97 Å². The Labute approximate surface area is 116 Å². The topological polar surface area (TPSA) is 37.3 Å². The first kappa shape index (κ1) is 12.6. The van der Waals surface area contributed by atoms with Gasteiger partial charge in [-0.05, 0) is 40.5 Å². The van der Waals surface area contributed by atoms with E-state index in [-0.39, 0.29) is 0 Å². The average Bonchev–Trinajstić information content (AvgIpc) is 2.53. The minimum atomic E-state index is -0.934. The molecule has 2 aromatic rings. The third-order valence-corrected chi connectivity index (χ3v) is 4.38. The molecule has 0 spiro atoms. The predicted octanol–water partition coefficient (Wildman–Crippen LogP) is 4.84. The smallest absolute Gasteiger partial charge is 0.338 e. The molecule has 17 heavy (non-hydrogen) atoms. The number of benzene rings is 1. The molecule has 0 unspecified atom stereocenters. The van der Waals surface area contributed by atoms with Gasteiger partial charge >= 0.3 is 5.97 Å². The number of hydrogen-bond donors (Lipinski definition) is 1. The summed E-state index contributed by atoms with van der Waals surface area (Å²) in [5, 5.41) is 9.83. The predicted molar refractivity (Wildman–Crippen MR) is 74.2 cm³/mol. The van der Waals surface area contributed by atoms with Crippen LogP contribution in [0, 0.1) is 6.92 Å². The molecule has 0 amide bonds. The van der Waals surface area contributed by atoms with Crippen LogP contribution in [0.5, 0.6) is 0 Å². The maximum Gasteiger partial charge on any atom is 0.338 e. The van der Waals surface area contributed by atoms with Gasteiger partial charge in [0.25, 0.3) is 0 Å². The van der Waals surface area contributed by atoms with Crippen LogP contribution < -0.4 is 0 Å². The molecule has 0 saturated heterocycles. The highest BCUT2D eigenvalue weighted by Crippen LogP contribution is 2.39. The molecule has 0 bridgehead atoms. The van der Waals surface area contributed by atoms with E-state index in [0.717, 1.165) is 16.0 Å². The molecule has 0 saturated carbocycles. The Bertz CT molecular complexity index is 592. The number of aryl methyl sites for hydroxylation is 1. The molecule has 5 heteroatoms. The Morgan fingerprint density at radius 1 is 1.47 bits per heavy atom.